The van der Waals surface area contributed by atoms with Crippen LogP contribution in [-0.2, 0) is 21.2 Å². The van der Waals surface area contributed by atoms with Gasteiger partial charge in [0.2, 0.25) is 15.9 Å². The number of halogens is 2. The molecule has 0 heterocycles. The smallest absolute Gasteiger partial charge is 0.269 e. The molecule has 0 bridgehead atoms. The number of rotatable bonds is 7. The minimum Gasteiger partial charge on any atom is -0.273 e. The molecule has 2 rings (SSSR count). The van der Waals surface area contributed by atoms with Crippen LogP contribution >= 0.6 is 23.2 Å². The third kappa shape index (κ3) is 5.93. The Bertz CT molecular complexity index is 1010. The Morgan fingerprint density at radius 2 is 1.69 bits per heavy atom. The summed E-state index contributed by atoms with van der Waals surface area (Å²) in [4.78, 5) is 24.4. The average molecular weight is 458 g/mol. The highest BCUT2D eigenvalue weighted by atomic mass is 35.5. The number of carbonyl (C=O) groups excluding carboxylic acids is 2. The van der Waals surface area contributed by atoms with Gasteiger partial charge in [-0.15, -0.1) is 0 Å². The zero-order valence-corrected chi connectivity index (χ0v) is 18.2. The molecule has 0 saturated heterocycles. The Hall–Kier alpha value is -2.13. The minimum atomic E-state index is -3.70. The summed E-state index contributed by atoms with van der Waals surface area (Å²) in [6.45, 7) is 4.11. The van der Waals surface area contributed by atoms with Crippen molar-refractivity contribution in [3.05, 3.63) is 63.6 Å². The van der Waals surface area contributed by atoms with Crippen LogP contribution in [-0.4, -0.2) is 37.6 Å². The number of hydrazine groups is 1. The molecule has 2 amide bonds. The molecule has 156 valence electrons. The third-order valence-electron chi connectivity index (χ3n) is 4.12. The number of amides is 2. The third-order valence-corrected chi connectivity index (χ3v) is 6.75. The van der Waals surface area contributed by atoms with Crippen LogP contribution in [0.15, 0.2) is 47.4 Å². The fraction of sp³-hybridized carbons (Fsp3) is 0.263. The molecule has 7 nitrogen and oxygen atoms in total. The summed E-state index contributed by atoms with van der Waals surface area (Å²) >= 11 is 11.8. The van der Waals surface area contributed by atoms with Gasteiger partial charge >= 0.3 is 0 Å². The normalized spacial score (nSPS) is 11.3. The lowest BCUT2D eigenvalue weighted by Crippen LogP contribution is -2.42. The van der Waals surface area contributed by atoms with E-state index in [1.54, 1.807) is 26.0 Å². The molecule has 29 heavy (non-hydrogen) atoms. The maximum atomic E-state index is 12.6. The molecule has 0 aliphatic rings. The van der Waals surface area contributed by atoms with Crippen LogP contribution in [0.2, 0.25) is 10.0 Å². The molecule has 0 aliphatic heterocycles. The summed E-state index contributed by atoms with van der Waals surface area (Å²) in [5, 5.41) is 0.792. The minimum absolute atomic E-state index is 0.00752. The van der Waals surface area contributed by atoms with Crippen LogP contribution in [0.5, 0.6) is 0 Å². The van der Waals surface area contributed by atoms with Crippen molar-refractivity contribution in [1.82, 2.24) is 15.2 Å². The van der Waals surface area contributed by atoms with Crippen molar-refractivity contribution in [3.8, 4) is 0 Å². The van der Waals surface area contributed by atoms with Gasteiger partial charge in [0.1, 0.15) is 0 Å². The summed E-state index contributed by atoms with van der Waals surface area (Å²) in [5.74, 6) is -1.13. The van der Waals surface area contributed by atoms with Crippen molar-refractivity contribution in [1.29, 1.82) is 0 Å². The van der Waals surface area contributed by atoms with Gasteiger partial charge in [-0.05, 0) is 35.9 Å². The van der Waals surface area contributed by atoms with Gasteiger partial charge in [-0.2, -0.15) is 4.31 Å². The molecule has 2 aromatic rings. The number of hydrogen-bond donors (Lipinski definition) is 2. The Morgan fingerprint density at radius 3 is 2.31 bits per heavy atom. The van der Waals surface area contributed by atoms with E-state index >= 15 is 0 Å². The standard InChI is InChI=1S/C19H21Cl2N3O4S/c1-3-24(4-2)29(27,28)16-7-5-6-14(10-16)19(26)23-22-18(25)11-13-8-9-15(20)12-17(13)21/h5-10,12H,3-4,11H2,1-2H3,(H,22,25)(H,23,26). The van der Waals surface area contributed by atoms with Gasteiger partial charge in [0, 0.05) is 28.7 Å². The average Bonchev–Trinajstić information content (AvgIpc) is 2.69. The van der Waals surface area contributed by atoms with Crippen molar-refractivity contribution < 1.29 is 18.0 Å². The second-order valence-corrected chi connectivity index (χ2v) is 8.81. The van der Waals surface area contributed by atoms with Gasteiger partial charge in [-0.1, -0.05) is 49.2 Å². The van der Waals surface area contributed by atoms with Crippen LogP contribution in [0.4, 0.5) is 0 Å². The molecule has 0 aromatic heterocycles. The highest BCUT2D eigenvalue weighted by Gasteiger charge is 2.22. The second-order valence-electron chi connectivity index (χ2n) is 6.03. The summed E-state index contributed by atoms with van der Waals surface area (Å²) in [6, 6.07) is 10.4. The van der Waals surface area contributed by atoms with Crippen LogP contribution in [0, 0.1) is 0 Å². The highest BCUT2D eigenvalue weighted by Crippen LogP contribution is 2.21. The molecule has 0 unspecified atom stereocenters. The topological polar surface area (TPSA) is 95.6 Å². The molecule has 0 atom stereocenters. The summed E-state index contributed by atoms with van der Waals surface area (Å²) in [6.07, 6.45) is -0.0628. The monoisotopic (exact) mass is 457 g/mol. The molecule has 2 aromatic carbocycles. The van der Waals surface area contributed by atoms with Gasteiger partial charge < -0.3 is 0 Å². The van der Waals surface area contributed by atoms with Gasteiger partial charge in [0.25, 0.3) is 5.91 Å². The summed E-state index contributed by atoms with van der Waals surface area (Å²) < 4.78 is 26.5. The number of hydrogen-bond acceptors (Lipinski definition) is 4. The van der Waals surface area contributed by atoms with E-state index in [4.69, 9.17) is 23.2 Å². The maximum Gasteiger partial charge on any atom is 0.269 e. The second kappa shape index (κ2) is 10.1. The molecule has 0 radical (unpaired) electrons. The highest BCUT2D eigenvalue weighted by molar-refractivity contribution is 7.89. The molecular weight excluding hydrogens is 437 g/mol. The Morgan fingerprint density at radius 1 is 1.00 bits per heavy atom. The Kier molecular flexibility index (Phi) is 8.04. The van der Waals surface area contributed by atoms with Crippen LogP contribution in [0.1, 0.15) is 29.8 Å². The van der Waals surface area contributed by atoms with E-state index in [2.05, 4.69) is 10.9 Å². The number of sulfonamides is 1. The van der Waals surface area contributed by atoms with E-state index in [0.29, 0.717) is 28.7 Å². The number of benzene rings is 2. The van der Waals surface area contributed by atoms with Gasteiger partial charge in [0.15, 0.2) is 0 Å². The van der Waals surface area contributed by atoms with Crippen LogP contribution in [0.3, 0.4) is 0 Å². The van der Waals surface area contributed by atoms with Gasteiger partial charge in [-0.3, -0.25) is 20.4 Å². The zero-order chi connectivity index (χ0) is 21.6. The first-order valence-electron chi connectivity index (χ1n) is 8.82. The number of nitrogens with zero attached hydrogens (tertiary/aromatic N) is 1. The molecule has 0 fully saturated rings. The first-order chi connectivity index (χ1) is 13.7. The molecule has 10 heteroatoms. The summed E-state index contributed by atoms with van der Waals surface area (Å²) in [7, 11) is -3.70. The molecule has 2 N–H and O–H groups in total. The molecule has 0 spiro atoms. The van der Waals surface area contributed by atoms with Crippen molar-refractivity contribution in [3.63, 3.8) is 0 Å². The van der Waals surface area contributed by atoms with E-state index < -0.39 is 21.8 Å². The Labute approximate surface area is 180 Å². The fourth-order valence-electron chi connectivity index (χ4n) is 2.59. The number of carbonyl (C=O) groups is 2. The molecule has 0 aliphatic carbocycles. The predicted molar refractivity (Wildman–Crippen MR) is 112 cm³/mol. The fourth-order valence-corrected chi connectivity index (χ4v) is 4.57. The van der Waals surface area contributed by atoms with E-state index in [9.17, 15) is 18.0 Å². The lowest BCUT2D eigenvalue weighted by Gasteiger charge is -2.18. The zero-order valence-electron chi connectivity index (χ0n) is 15.9. The first kappa shape index (κ1) is 23.2. The van der Waals surface area contributed by atoms with Gasteiger partial charge in [0.05, 0.1) is 11.3 Å². The summed E-state index contributed by atoms with van der Waals surface area (Å²) in [5.41, 5.74) is 5.21. The van der Waals surface area contributed by atoms with Crippen molar-refractivity contribution in [2.45, 2.75) is 25.2 Å². The van der Waals surface area contributed by atoms with Gasteiger partial charge in [-0.25, -0.2) is 8.42 Å². The maximum absolute atomic E-state index is 12.6. The molecular formula is C19H21Cl2N3O4S. The van der Waals surface area contributed by atoms with Crippen molar-refractivity contribution >= 4 is 45.0 Å². The lowest BCUT2D eigenvalue weighted by atomic mass is 10.1. The van der Waals surface area contributed by atoms with E-state index in [-0.39, 0.29) is 16.9 Å². The first-order valence-corrected chi connectivity index (χ1v) is 11.0. The van der Waals surface area contributed by atoms with Crippen LogP contribution < -0.4 is 10.9 Å². The van der Waals surface area contributed by atoms with E-state index in [0.717, 1.165) is 0 Å². The Balaban J connectivity index is 2.05. The SMILES string of the molecule is CCN(CC)S(=O)(=O)c1cccc(C(=O)NNC(=O)Cc2ccc(Cl)cc2Cl)c1. The molecule has 0 saturated carbocycles. The van der Waals surface area contributed by atoms with Crippen LogP contribution in [0.25, 0.3) is 0 Å². The number of nitrogens with one attached hydrogen (secondary N) is 2. The van der Waals surface area contributed by atoms with E-state index in [1.165, 1.54) is 34.6 Å². The van der Waals surface area contributed by atoms with Crippen molar-refractivity contribution in [2.24, 2.45) is 0 Å². The largest absolute Gasteiger partial charge is 0.273 e. The predicted octanol–water partition coefficient (Wildman–Crippen LogP) is 3.03. The lowest BCUT2D eigenvalue weighted by molar-refractivity contribution is -0.121. The quantitative estimate of drug-likeness (QED) is 0.624. The van der Waals surface area contributed by atoms with Crippen molar-refractivity contribution in [2.75, 3.05) is 13.1 Å². The van der Waals surface area contributed by atoms with E-state index in [1.807, 2.05) is 0 Å².